The summed E-state index contributed by atoms with van der Waals surface area (Å²) in [5.41, 5.74) is 5.12. The first-order valence-electron chi connectivity index (χ1n) is 16.9. The molecule has 1 aliphatic carbocycles. The van der Waals surface area contributed by atoms with Crippen molar-refractivity contribution in [1.82, 2.24) is 10.2 Å². The average molecular weight is 645 g/mol. The van der Waals surface area contributed by atoms with E-state index in [9.17, 15) is 9.59 Å². The Hall–Kier alpha value is -3.88. The van der Waals surface area contributed by atoms with Gasteiger partial charge in [0.15, 0.2) is 6.29 Å². The van der Waals surface area contributed by atoms with Gasteiger partial charge in [0, 0.05) is 32.1 Å². The average Bonchev–Trinajstić information content (AvgIpc) is 3.35. The van der Waals surface area contributed by atoms with E-state index in [-0.39, 0.29) is 37.0 Å². The number of fused-ring (bicyclic) bond motifs is 3. The zero-order valence-corrected chi connectivity index (χ0v) is 29.1. The van der Waals surface area contributed by atoms with Crippen LogP contribution < -0.4 is 10.1 Å². The quantitative estimate of drug-likeness (QED) is 0.162. The highest BCUT2D eigenvalue weighted by molar-refractivity contribution is 5.86. The Labute approximate surface area is 280 Å². The molecule has 1 aliphatic rings. The van der Waals surface area contributed by atoms with Gasteiger partial charge < -0.3 is 29.2 Å². The largest absolute Gasteiger partial charge is 0.488 e. The summed E-state index contributed by atoms with van der Waals surface area (Å²) in [7, 11) is 0. The van der Waals surface area contributed by atoms with Gasteiger partial charge in [-0.25, -0.2) is 4.79 Å². The molecule has 254 valence electrons. The Morgan fingerprint density at radius 1 is 0.851 bits per heavy atom. The third-order valence-corrected chi connectivity index (χ3v) is 8.08. The van der Waals surface area contributed by atoms with Crippen LogP contribution in [0.2, 0.25) is 0 Å². The Morgan fingerprint density at radius 3 is 1.96 bits per heavy atom. The molecule has 1 N–H and O–H groups in total. The van der Waals surface area contributed by atoms with E-state index in [0.29, 0.717) is 25.7 Å². The second-order valence-electron chi connectivity index (χ2n) is 13.4. The van der Waals surface area contributed by atoms with Gasteiger partial charge in [-0.3, -0.25) is 4.79 Å². The van der Waals surface area contributed by atoms with Crippen molar-refractivity contribution in [1.29, 1.82) is 0 Å². The second-order valence-corrected chi connectivity index (χ2v) is 13.4. The highest BCUT2D eigenvalue weighted by Crippen LogP contribution is 2.44. The van der Waals surface area contributed by atoms with Crippen LogP contribution in [0, 0.1) is 5.92 Å². The van der Waals surface area contributed by atoms with Crippen molar-refractivity contribution in [3.05, 3.63) is 89.5 Å². The number of rotatable bonds is 16. The lowest BCUT2D eigenvalue weighted by molar-refractivity contribution is -0.160. The van der Waals surface area contributed by atoms with E-state index in [1.165, 1.54) is 0 Å². The van der Waals surface area contributed by atoms with E-state index >= 15 is 0 Å². The lowest BCUT2D eigenvalue weighted by atomic mass is 9.98. The van der Waals surface area contributed by atoms with Gasteiger partial charge >= 0.3 is 6.09 Å². The molecule has 4 rings (SSSR count). The molecule has 1 unspecified atom stereocenters. The predicted molar refractivity (Wildman–Crippen MR) is 186 cm³/mol. The van der Waals surface area contributed by atoms with Gasteiger partial charge in [-0.15, -0.1) is 0 Å². The molecule has 8 heteroatoms. The van der Waals surface area contributed by atoms with E-state index in [1.807, 2.05) is 83.1 Å². The minimum Gasteiger partial charge on any atom is -0.488 e. The van der Waals surface area contributed by atoms with Gasteiger partial charge in [0.2, 0.25) is 5.91 Å². The van der Waals surface area contributed by atoms with Crippen molar-refractivity contribution in [3.8, 4) is 16.9 Å². The zero-order valence-electron chi connectivity index (χ0n) is 29.1. The molecule has 0 spiro atoms. The Kier molecular flexibility index (Phi) is 12.9. The number of amides is 2. The second kappa shape index (κ2) is 16.8. The molecule has 3 aromatic carbocycles. The van der Waals surface area contributed by atoms with Crippen molar-refractivity contribution in [3.63, 3.8) is 0 Å². The molecule has 3 aromatic rings. The summed E-state index contributed by atoms with van der Waals surface area (Å²) in [6, 6.07) is 23.2. The smallest absolute Gasteiger partial charge is 0.407 e. The maximum Gasteiger partial charge on any atom is 0.407 e. The van der Waals surface area contributed by atoms with E-state index in [1.54, 1.807) is 4.90 Å². The molecule has 0 saturated carbocycles. The van der Waals surface area contributed by atoms with Gasteiger partial charge in [0.25, 0.3) is 0 Å². The summed E-state index contributed by atoms with van der Waals surface area (Å²) < 4.78 is 23.5. The molecule has 0 saturated heterocycles. The maximum absolute atomic E-state index is 14.3. The molecule has 0 aliphatic heterocycles. The summed E-state index contributed by atoms with van der Waals surface area (Å²) >= 11 is 0. The van der Waals surface area contributed by atoms with Crippen LogP contribution in [-0.2, 0) is 25.4 Å². The first-order valence-corrected chi connectivity index (χ1v) is 16.9. The lowest BCUT2D eigenvalue weighted by Gasteiger charge is -2.31. The van der Waals surface area contributed by atoms with Gasteiger partial charge in [-0.05, 0) is 86.9 Å². The minimum atomic E-state index is -0.865. The van der Waals surface area contributed by atoms with Crippen molar-refractivity contribution in [2.75, 3.05) is 32.9 Å². The SMILES string of the molecule is CCOC(CN(CCC(C)C)C(=O)C(Cc1ccc(OC(C)(C)C)cc1)NC(=O)OCC1c2ccccc2-c2ccccc21)OCC. The first kappa shape index (κ1) is 36.0. The molecule has 0 heterocycles. The fourth-order valence-electron chi connectivity index (χ4n) is 5.90. The number of hydrogen-bond acceptors (Lipinski definition) is 6. The third kappa shape index (κ3) is 10.3. The number of nitrogens with one attached hydrogen (secondary N) is 1. The van der Waals surface area contributed by atoms with Gasteiger partial charge in [-0.1, -0.05) is 74.5 Å². The highest BCUT2D eigenvalue weighted by atomic mass is 16.7. The van der Waals surface area contributed by atoms with Crippen LogP contribution in [0.15, 0.2) is 72.8 Å². The molecule has 0 aromatic heterocycles. The van der Waals surface area contributed by atoms with E-state index < -0.39 is 18.4 Å². The van der Waals surface area contributed by atoms with Crippen LogP contribution in [0.3, 0.4) is 0 Å². The molecular weight excluding hydrogens is 592 g/mol. The summed E-state index contributed by atoms with van der Waals surface area (Å²) in [5.74, 6) is 0.826. The van der Waals surface area contributed by atoms with Crippen molar-refractivity contribution >= 4 is 12.0 Å². The molecular formula is C39H52N2O6. The molecule has 1 atom stereocenters. The fourth-order valence-corrected chi connectivity index (χ4v) is 5.90. The fraction of sp³-hybridized carbons (Fsp3) is 0.487. The monoisotopic (exact) mass is 644 g/mol. The Bertz CT molecular complexity index is 1400. The van der Waals surface area contributed by atoms with Crippen molar-refractivity contribution in [2.45, 2.75) is 85.2 Å². The molecule has 2 amide bonds. The third-order valence-electron chi connectivity index (χ3n) is 8.08. The van der Waals surface area contributed by atoms with Gasteiger partial charge in [-0.2, -0.15) is 0 Å². The first-order chi connectivity index (χ1) is 22.5. The lowest BCUT2D eigenvalue weighted by Crippen LogP contribution is -2.52. The number of carbonyl (C=O) groups excluding carboxylic acids is 2. The van der Waals surface area contributed by atoms with Crippen molar-refractivity contribution in [2.24, 2.45) is 5.92 Å². The molecule has 0 fully saturated rings. The Morgan fingerprint density at radius 2 is 1.43 bits per heavy atom. The molecule has 47 heavy (non-hydrogen) atoms. The van der Waals surface area contributed by atoms with Crippen LogP contribution in [0.4, 0.5) is 4.79 Å². The predicted octanol–water partition coefficient (Wildman–Crippen LogP) is 7.59. The standard InChI is InChI=1S/C39H52N2O6/c1-8-44-36(45-9-2)25-41(23-22-27(3)4)37(42)35(24-28-18-20-29(21-19-28)47-39(5,6)7)40-38(43)46-26-34-32-16-12-10-14-30(32)31-15-11-13-17-33(31)34/h10-21,27,34-36H,8-9,22-26H2,1-7H3,(H,40,43). The van der Waals surface area contributed by atoms with Crippen LogP contribution >= 0.6 is 0 Å². The highest BCUT2D eigenvalue weighted by Gasteiger charge is 2.32. The Balaban J connectivity index is 1.55. The number of carbonyl (C=O) groups is 2. The van der Waals surface area contributed by atoms with Gasteiger partial charge in [0.1, 0.15) is 24.0 Å². The van der Waals surface area contributed by atoms with Crippen molar-refractivity contribution < 1.29 is 28.5 Å². The molecule has 8 nitrogen and oxygen atoms in total. The van der Waals surface area contributed by atoms with Crippen LogP contribution in [0.1, 0.15) is 77.5 Å². The maximum atomic E-state index is 14.3. The topological polar surface area (TPSA) is 86.3 Å². The summed E-state index contributed by atoms with van der Waals surface area (Å²) in [6.45, 7) is 15.9. The zero-order chi connectivity index (χ0) is 34.0. The number of alkyl carbamates (subject to hydrolysis) is 1. The summed E-state index contributed by atoms with van der Waals surface area (Å²) in [4.78, 5) is 29.5. The molecule has 0 bridgehead atoms. The minimum absolute atomic E-state index is 0.0849. The number of benzene rings is 3. The van der Waals surface area contributed by atoms with E-state index in [0.717, 1.165) is 40.0 Å². The normalized spacial score (nSPS) is 13.3. The van der Waals surface area contributed by atoms with Crippen LogP contribution in [-0.4, -0.2) is 67.7 Å². The number of hydrogen-bond donors (Lipinski definition) is 1. The number of ether oxygens (including phenoxy) is 4. The number of nitrogens with zero attached hydrogens (tertiary/aromatic N) is 1. The molecule has 0 radical (unpaired) electrons. The van der Waals surface area contributed by atoms with E-state index in [2.05, 4.69) is 43.4 Å². The van der Waals surface area contributed by atoms with Gasteiger partial charge in [0.05, 0.1) is 6.54 Å². The summed E-state index contributed by atoms with van der Waals surface area (Å²) in [6.07, 6.45) is -0.115. The summed E-state index contributed by atoms with van der Waals surface area (Å²) in [5, 5.41) is 2.93. The van der Waals surface area contributed by atoms with Crippen LogP contribution in [0.25, 0.3) is 11.1 Å². The van der Waals surface area contributed by atoms with Crippen LogP contribution in [0.5, 0.6) is 5.75 Å². The van der Waals surface area contributed by atoms with E-state index in [4.69, 9.17) is 18.9 Å².